The Kier molecular flexibility index (Phi) is 5.29. The van der Waals surface area contributed by atoms with Crippen LogP contribution in [0, 0.1) is 17.7 Å². The number of rotatable bonds is 4. The Balaban J connectivity index is 1.41. The number of hydrogen-bond donors (Lipinski definition) is 0. The summed E-state index contributed by atoms with van der Waals surface area (Å²) in [4.78, 5) is 2.69. The van der Waals surface area contributed by atoms with E-state index in [-0.39, 0.29) is 5.82 Å². The fraction of sp³-hybridized carbons (Fsp3) is 0.684. The molecule has 0 atom stereocenters. The summed E-state index contributed by atoms with van der Waals surface area (Å²) in [5, 5.41) is 0. The quantitative estimate of drug-likeness (QED) is 0.779. The largest absolute Gasteiger partial charge is 0.303 e. The van der Waals surface area contributed by atoms with Crippen molar-refractivity contribution < 1.29 is 4.39 Å². The maximum absolute atomic E-state index is 12.9. The first-order valence-electron chi connectivity index (χ1n) is 8.76. The molecule has 0 amide bonds. The second-order valence-electron chi connectivity index (χ2n) is 7.08. The van der Waals surface area contributed by atoms with Gasteiger partial charge in [0.2, 0.25) is 0 Å². The molecule has 2 aliphatic rings. The summed E-state index contributed by atoms with van der Waals surface area (Å²) in [6.07, 6.45) is 11.0. The molecular formula is C19H28FN. The Hall–Kier alpha value is -0.890. The van der Waals surface area contributed by atoms with E-state index in [0.29, 0.717) is 0 Å². The highest BCUT2D eigenvalue weighted by molar-refractivity contribution is 5.16. The number of likely N-dealkylation sites (tertiary alicyclic amines) is 1. The smallest absolute Gasteiger partial charge is 0.123 e. The molecule has 1 saturated carbocycles. The van der Waals surface area contributed by atoms with E-state index < -0.39 is 0 Å². The minimum atomic E-state index is -0.124. The molecule has 1 aromatic rings. The zero-order valence-corrected chi connectivity index (χ0v) is 13.1. The summed E-state index contributed by atoms with van der Waals surface area (Å²) in [5.41, 5.74) is 1.29. The molecule has 1 saturated heterocycles. The lowest BCUT2D eigenvalue weighted by molar-refractivity contribution is 0.145. The Morgan fingerprint density at radius 2 is 1.52 bits per heavy atom. The molecule has 2 fully saturated rings. The van der Waals surface area contributed by atoms with E-state index >= 15 is 0 Å². The van der Waals surface area contributed by atoms with Crippen LogP contribution in [0.2, 0.25) is 0 Å². The van der Waals surface area contributed by atoms with Gasteiger partial charge in [-0.1, -0.05) is 31.4 Å². The molecule has 3 rings (SSSR count). The number of benzene rings is 1. The molecule has 21 heavy (non-hydrogen) atoms. The number of halogens is 1. The fourth-order valence-electron chi connectivity index (χ4n) is 4.06. The van der Waals surface area contributed by atoms with E-state index in [4.69, 9.17) is 0 Å². The van der Waals surface area contributed by atoms with Crippen LogP contribution in [0.4, 0.5) is 4.39 Å². The highest BCUT2D eigenvalue weighted by Gasteiger charge is 2.22. The lowest BCUT2D eigenvalue weighted by Gasteiger charge is -2.35. The molecule has 0 N–H and O–H groups in total. The van der Waals surface area contributed by atoms with Crippen molar-refractivity contribution in [3.05, 3.63) is 35.6 Å². The summed E-state index contributed by atoms with van der Waals surface area (Å²) in [7, 11) is 0. The van der Waals surface area contributed by atoms with Crippen LogP contribution in [0.5, 0.6) is 0 Å². The highest BCUT2D eigenvalue weighted by atomic mass is 19.1. The number of piperidine rings is 1. The van der Waals surface area contributed by atoms with Crippen LogP contribution in [0.3, 0.4) is 0 Å². The third-order valence-corrected chi connectivity index (χ3v) is 5.39. The van der Waals surface area contributed by atoms with Crippen molar-refractivity contribution in [3.63, 3.8) is 0 Å². The predicted molar refractivity (Wildman–Crippen MR) is 85.8 cm³/mol. The van der Waals surface area contributed by atoms with Gasteiger partial charge in [0.05, 0.1) is 0 Å². The van der Waals surface area contributed by atoms with Gasteiger partial charge in [-0.3, -0.25) is 0 Å². The first kappa shape index (κ1) is 15.0. The standard InChI is InChI=1S/C19H28FN/c20-19-8-6-16(7-9-19)14-17-10-12-21(13-11-17)15-18-4-2-1-3-5-18/h6-9,17-18H,1-5,10-15H2. The first-order valence-corrected chi connectivity index (χ1v) is 8.76. The molecule has 1 aliphatic heterocycles. The molecule has 1 aliphatic carbocycles. The van der Waals surface area contributed by atoms with E-state index in [9.17, 15) is 4.39 Å². The molecule has 0 aromatic heterocycles. The third-order valence-electron chi connectivity index (χ3n) is 5.39. The Morgan fingerprint density at radius 1 is 0.857 bits per heavy atom. The lowest BCUT2D eigenvalue weighted by Crippen LogP contribution is -2.38. The summed E-state index contributed by atoms with van der Waals surface area (Å²) in [6, 6.07) is 7.08. The van der Waals surface area contributed by atoms with E-state index in [1.807, 2.05) is 12.1 Å². The van der Waals surface area contributed by atoms with Gasteiger partial charge in [-0.15, -0.1) is 0 Å². The average Bonchev–Trinajstić information content (AvgIpc) is 2.53. The van der Waals surface area contributed by atoms with Crippen molar-refractivity contribution in [3.8, 4) is 0 Å². The number of hydrogen-bond acceptors (Lipinski definition) is 1. The molecule has 0 radical (unpaired) electrons. The van der Waals surface area contributed by atoms with E-state index in [2.05, 4.69) is 4.90 Å². The van der Waals surface area contributed by atoms with E-state index in [0.717, 1.165) is 18.3 Å². The molecule has 0 unspecified atom stereocenters. The van der Waals surface area contributed by atoms with Gasteiger partial charge in [0.25, 0.3) is 0 Å². The van der Waals surface area contributed by atoms with E-state index in [1.54, 1.807) is 12.1 Å². The van der Waals surface area contributed by atoms with E-state index in [1.165, 1.54) is 70.1 Å². The number of nitrogens with zero attached hydrogens (tertiary/aromatic N) is 1. The van der Waals surface area contributed by atoms with Crippen LogP contribution in [0.15, 0.2) is 24.3 Å². The van der Waals surface area contributed by atoms with Gasteiger partial charge < -0.3 is 4.90 Å². The van der Waals surface area contributed by atoms with Gasteiger partial charge in [0, 0.05) is 6.54 Å². The maximum Gasteiger partial charge on any atom is 0.123 e. The van der Waals surface area contributed by atoms with Crippen molar-refractivity contribution in [2.75, 3.05) is 19.6 Å². The SMILES string of the molecule is Fc1ccc(CC2CCN(CC3CCCCC3)CC2)cc1. The van der Waals surface area contributed by atoms with Crippen molar-refractivity contribution >= 4 is 0 Å². The topological polar surface area (TPSA) is 3.24 Å². The van der Waals surface area contributed by atoms with Gasteiger partial charge in [0.15, 0.2) is 0 Å². The van der Waals surface area contributed by atoms with Gasteiger partial charge in [-0.25, -0.2) is 4.39 Å². The van der Waals surface area contributed by atoms with Crippen LogP contribution in [0.25, 0.3) is 0 Å². The molecule has 1 heterocycles. The predicted octanol–water partition coefficient (Wildman–Crippen LogP) is 4.66. The minimum Gasteiger partial charge on any atom is -0.303 e. The zero-order chi connectivity index (χ0) is 14.5. The maximum atomic E-state index is 12.9. The van der Waals surface area contributed by atoms with Gasteiger partial charge in [-0.05, 0) is 74.7 Å². The Bertz CT molecular complexity index is 414. The van der Waals surface area contributed by atoms with Crippen LogP contribution in [0.1, 0.15) is 50.5 Å². The van der Waals surface area contributed by atoms with Crippen LogP contribution in [-0.4, -0.2) is 24.5 Å². The normalized spacial score (nSPS) is 22.5. The third kappa shape index (κ3) is 4.54. The van der Waals surface area contributed by atoms with Crippen molar-refractivity contribution in [1.29, 1.82) is 0 Å². The molecule has 116 valence electrons. The fourth-order valence-corrected chi connectivity index (χ4v) is 4.06. The van der Waals surface area contributed by atoms with Gasteiger partial charge >= 0.3 is 0 Å². The van der Waals surface area contributed by atoms with Crippen molar-refractivity contribution in [2.24, 2.45) is 11.8 Å². The van der Waals surface area contributed by atoms with Gasteiger partial charge in [0.1, 0.15) is 5.82 Å². The van der Waals surface area contributed by atoms with Crippen molar-refractivity contribution in [2.45, 2.75) is 51.4 Å². The summed E-state index contributed by atoms with van der Waals surface area (Å²) >= 11 is 0. The monoisotopic (exact) mass is 289 g/mol. The first-order chi connectivity index (χ1) is 10.3. The summed E-state index contributed by atoms with van der Waals surface area (Å²) in [6.45, 7) is 3.87. The minimum absolute atomic E-state index is 0.124. The van der Waals surface area contributed by atoms with Crippen molar-refractivity contribution in [1.82, 2.24) is 4.90 Å². The highest BCUT2D eigenvalue weighted by Crippen LogP contribution is 2.27. The second-order valence-corrected chi connectivity index (χ2v) is 7.08. The Labute approximate surface area is 128 Å². The molecule has 0 spiro atoms. The molecule has 1 nitrogen and oxygen atoms in total. The molecule has 0 bridgehead atoms. The molecule has 1 aromatic carbocycles. The van der Waals surface area contributed by atoms with Crippen LogP contribution < -0.4 is 0 Å². The second kappa shape index (κ2) is 7.40. The van der Waals surface area contributed by atoms with Crippen LogP contribution >= 0.6 is 0 Å². The summed E-state index contributed by atoms with van der Waals surface area (Å²) < 4.78 is 12.9. The zero-order valence-electron chi connectivity index (χ0n) is 13.1. The average molecular weight is 289 g/mol. The molecule has 2 heteroatoms. The molecular weight excluding hydrogens is 261 g/mol. The summed E-state index contributed by atoms with van der Waals surface area (Å²) in [5.74, 6) is 1.63. The van der Waals surface area contributed by atoms with Gasteiger partial charge in [-0.2, -0.15) is 0 Å². The Morgan fingerprint density at radius 3 is 2.19 bits per heavy atom. The van der Waals surface area contributed by atoms with Crippen LogP contribution in [-0.2, 0) is 6.42 Å². The lowest BCUT2D eigenvalue weighted by atomic mass is 9.86.